The number of ether oxygens (including phenoxy) is 1. The van der Waals surface area contributed by atoms with Crippen molar-refractivity contribution >= 4 is 11.9 Å². The second-order valence-corrected chi connectivity index (χ2v) is 6.60. The van der Waals surface area contributed by atoms with Crippen LogP contribution < -0.4 is 10.1 Å². The summed E-state index contributed by atoms with van der Waals surface area (Å²) in [5, 5.41) is 12.0. The van der Waals surface area contributed by atoms with Crippen LogP contribution in [0.3, 0.4) is 0 Å². The maximum Gasteiger partial charge on any atom is 0.306 e. The largest absolute Gasteiger partial charge is 0.489 e. The monoisotopic (exact) mass is 333 g/mol. The number of carbonyl (C=O) groups excluding carboxylic acids is 1. The van der Waals surface area contributed by atoms with Crippen LogP contribution in [0.15, 0.2) is 24.3 Å². The van der Waals surface area contributed by atoms with Crippen molar-refractivity contribution in [3.05, 3.63) is 29.8 Å². The number of hydrogen-bond donors (Lipinski definition) is 2. The van der Waals surface area contributed by atoms with Gasteiger partial charge in [0.15, 0.2) is 0 Å². The van der Waals surface area contributed by atoms with E-state index < -0.39 is 5.97 Å². The van der Waals surface area contributed by atoms with Crippen molar-refractivity contribution < 1.29 is 19.4 Å². The van der Waals surface area contributed by atoms with Crippen LogP contribution in [0.2, 0.25) is 0 Å². The van der Waals surface area contributed by atoms with Crippen LogP contribution in [0, 0.1) is 18.8 Å². The molecule has 24 heavy (non-hydrogen) atoms. The maximum absolute atomic E-state index is 12.3. The second-order valence-electron chi connectivity index (χ2n) is 6.60. The summed E-state index contributed by atoms with van der Waals surface area (Å²) in [4.78, 5) is 23.3. The first kappa shape index (κ1) is 18.3. The fourth-order valence-corrected chi connectivity index (χ4v) is 3.11. The Morgan fingerprint density at radius 3 is 2.50 bits per heavy atom. The van der Waals surface area contributed by atoms with Gasteiger partial charge in [0.1, 0.15) is 11.9 Å². The number of aliphatic carboxylic acids is 1. The van der Waals surface area contributed by atoms with Crippen LogP contribution in [-0.4, -0.2) is 29.6 Å². The Bertz CT molecular complexity index is 564. The molecule has 1 amide bonds. The third-order valence-electron chi connectivity index (χ3n) is 4.70. The van der Waals surface area contributed by atoms with Crippen molar-refractivity contribution in [2.45, 2.75) is 52.1 Å². The van der Waals surface area contributed by atoms with Gasteiger partial charge < -0.3 is 15.2 Å². The minimum absolute atomic E-state index is 0.0186. The molecular formula is C19H27NO4. The zero-order chi connectivity index (χ0) is 17.5. The Labute approximate surface area is 143 Å². The molecule has 0 saturated heterocycles. The Morgan fingerprint density at radius 2 is 1.92 bits per heavy atom. The van der Waals surface area contributed by atoms with Gasteiger partial charge in [0.25, 0.3) is 0 Å². The summed E-state index contributed by atoms with van der Waals surface area (Å²) in [7, 11) is 0. The summed E-state index contributed by atoms with van der Waals surface area (Å²) in [6, 6.07) is 7.88. The van der Waals surface area contributed by atoms with Crippen LogP contribution >= 0.6 is 0 Å². The summed E-state index contributed by atoms with van der Waals surface area (Å²) in [6.07, 6.45) is 3.22. The Balaban J connectivity index is 1.78. The topological polar surface area (TPSA) is 75.6 Å². The minimum Gasteiger partial charge on any atom is -0.489 e. The van der Waals surface area contributed by atoms with E-state index in [2.05, 4.69) is 5.32 Å². The molecule has 1 saturated carbocycles. The summed E-state index contributed by atoms with van der Waals surface area (Å²) in [5.74, 6) is -0.270. The van der Waals surface area contributed by atoms with E-state index >= 15 is 0 Å². The zero-order valence-electron chi connectivity index (χ0n) is 14.5. The number of rotatable bonds is 7. The molecule has 132 valence electrons. The normalized spacial score (nSPS) is 21.8. The number of amides is 1. The van der Waals surface area contributed by atoms with Crippen molar-refractivity contribution in [1.82, 2.24) is 5.32 Å². The van der Waals surface area contributed by atoms with Crippen LogP contribution in [0.1, 0.15) is 44.6 Å². The molecule has 0 heterocycles. The first-order chi connectivity index (χ1) is 11.5. The standard InChI is InChI=1S/C19H27NO4/c1-3-16(24-17-6-4-5-13(2)11-17)12-20-18(21)14-7-9-15(10-8-14)19(22)23/h4-6,11,14-16H,3,7-10,12H2,1-2H3,(H,20,21)(H,22,23). The first-order valence-corrected chi connectivity index (χ1v) is 8.73. The number of hydrogen-bond acceptors (Lipinski definition) is 3. The SMILES string of the molecule is CCC(CNC(=O)C1CCC(C(=O)O)CC1)Oc1cccc(C)c1. The van der Waals surface area contributed by atoms with Crippen LogP contribution in [0.4, 0.5) is 0 Å². The van der Waals surface area contributed by atoms with Crippen LogP contribution in [-0.2, 0) is 9.59 Å². The zero-order valence-corrected chi connectivity index (χ0v) is 14.5. The highest BCUT2D eigenvalue weighted by Gasteiger charge is 2.29. The van der Waals surface area contributed by atoms with E-state index in [1.807, 2.05) is 38.1 Å². The van der Waals surface area contributed by atoms with Gasteiger partial charge in [-0.15, -0.1) is 0 Å². The number of carboxylic acids is 1. The van der Waals surface area contributed by atoms with E-state index in [4.69, 9.17) is 9.84 Å². The fourth-order valence-electron chi connectivity index (χ4n) is 3.11. The summed E-state index contributed by atoms with van der Waals surface area (Å²) < 4.78 is 5.94. The second kappa shape index (κ2) is 8.71. The van der Waals surface area contributed by atoms with Gasteiger partial charge in [0.2, 0.25) is 5.91 Å². The molecule has 1 aliphatic rings. The lowest BCUT2D eigenvalue weighted by molar-refractivity contribution is -0.144. The van der Waals surface area contributed by atoms with Crippen LogP contribution in [0.5, 0.6) is 5.75 Å². The molecule has 5 heteroatoms. The lowest BCUT2D eigenvalue weighted by atomic mass is 9.81. The molecule has 0 radical (unpaired) electrons. The van der Waals surface area contributed by atoms with Gasteiger partial charge in [0, 0.05) is 5.92 Å². The Hall–Kier alpha value is -2.04. The lowest BCUT2D eigenvalue weighted by Gasteiger charge is -2.26. The molecule has 1 atom stereocenters. The van der Waals surface area contributed by atoms with E-state index in [0.29, 0.717) is 32.2 Å². The molecule has 2 rings (SSSR count). The number of carboxylic acid groups (broad SMARTS) is 1. The molecule has 1 unspecified atom stereocenters. The molecule has 0 aliphatic heterocycles. The number of carbonyl (C=O) groups is 2. The molecule has 1 fully saturated rings. The Kier molecular flexibility index (Phi) is 6.64. The number of nitrogens with one attached hydrogen (secondary N) is 1. The summed E-state index contributed by atoms with van der Waals surface area (Å²) in [6.45, 7) is 4.52. The van der Waals surface area contributed by atoms with Gasteiger partial charge in [-0.05, 0) is 56.7 Å². The molecule has 1 aromatic rings. The van der Waals surface area contributed by atoms with Crippen molar-refractivity contribution in [2.75, 3.05) is 6.54 Å². The maximum atomic E-state index is 12.3. The predicted molar refractivity (Wildman–Crippen MR) is 92.0 cm³/mol. The minimum atomic E-state index is -0.744. The van der Waals surface area contributed by atoms with Gasteiger partial charge in [-0.3, -0.25) is 9.59 Å². The molecule has 0 bridgehead atoms. The molecule has 2 N–H and O–H groups in total. The lowest BCUT2D eigenvalue weighted by Crippen LogP contribution is -2.39. The highest BCUT2D eigenvalue weighted by molar-refractivity contribution is 5.79. The van der Waals surface area contributed by atoms with Crippen molar-refractivity contribution in [2.24, 2.45) is 11.8 Å². The van der Waals surface area contributed by atoms with Gasteiger partial charge in [-0.25, -0.2) is 0 Å². The van der Waals surface area contributed by atoms with Crippen molar-refractivity contribution in [3.63, 3.8) is 0 Å². The van der Waals surface area contributed by atoms with E-state index in [0.717, 1.165) is 17.7 Å². The van der Waals surface area contributed by atoms with Gasteiger partial charge in [-0.2, -0.15) is 0 Å². The molecule has 1 aromatic carbocycles. The quantitative estimate of drug-likeness (QED) is 0.804. The van der Waals surface area contributed by atoms with Crippen molar-refractivity contribution in [1.29, 1.82) is 0 Å². The number of aryl methyl sites for hydroxylation is 1. The van der Waals surface area contributed by atoms with E-state index in [1.54, 1.807) is 0 Å². The van der Waals surface area contributed by atoms with E-state index in [-0.39, 0.29) is 23.8 Å². The highest BCUT2D eigenvalue weighted by Crippen LogP contribution is 2.29. The summed E-state index contributed by atoms with van der Waals surface area (Å²) >= 11 is 0. The van der Waals surface area contributed by atoms with Crippen molar-refractivity contribution in [3.8, 4) is 5.75 Å². The van der Waals surface area contributed by atoms with Gasteiger partial charge in [0.05, 0.1) is 12.5 Å². The third kappa shape index (κ3) is 5.25. The van der Waals surface area contributed by atoms with Gasteiger partial charge in [-0.1, -0.05) is 19.1 Å². The Morgan fingerprint density at radius 1 is 1.25 bits per heavy atom. The molecular weight excluding hydrogens is 306 g/mol. The third-order valence-corrected chi connectivity index (χ3v) is 4.70. The fraction of sp³-hybridized carbons (Fsp3) is 0.579. The smallest absolute Gasteiger partial charge is 0.306 e. The average Bonchev–Trinajstić information content (AvgIpc) is 2.58. The first-order valence-electron chi connectivity index (χ1n) is 8.73. The van der Waals surface area contributed by atoms with E-state index in [1.165, 1.54) is 0 Å². The predicted octanol–water partition coefficient (Wildman–Crippen LogP) is 3.16. The average molecular weight is 333 g/mol. The van der Waals surface area contributed by atoms with Crippen LogP contribution in [0.25, 0.3) is 0 Å². The van der Waals surface area contributed by atoms with Gasteiger partial charge >= 0.3 is 5.97 Å². The van der Waals surface area contributed by atoms with E-state index in [9.17, 15) is 9.59 Å². The molecule has 1 aliphatic carbocycles. The number of benzene rings is 1. The molecule has 5 nitrogen and oxygen atoms in total. The highest BCUT2D eigenvalue weighted by atomic mass is 16.5. The molecule has 0 aromatic heterocycles. The molecule has 0 spiro atoms. The summed E-state index contributed by atoms with van der Waals surface area (Å²) in [5.41, 5.74) is 1.14.